The van der Waals surface area contributed by atoms with Gasteiger partial charge in [0.1, 0.15) is 12.7 Å². The molecular formula is C17H21N2O4P. The summed E-state index contributed by atoms with van der Waals surface area (Å²) in [6.07, 6.45) is 4.54. The van der Waals surface area contributed by atoms with E-state index in [9.17, 15) is 14.2 Å². The molecule has 0 spiro atoms. The Kier molecular flexibility index (Phi) is 4.52. The predicted molar refractivity (Wildman–Crippen MR) is 95.8 cm³/mol. The van der Waals surface area contributed by atoms with Crippen molar-refractivity contribution in [1.82, 2.24) is 9.13 Å². The largest absolute Gasteiger partial charge is 0.443 e. The SMILES string of the molecule is C#CCn1c(=O)n(C(=O)OC(C)(C)C)c2cc(P(C)(C)=O)ccc21. The van der Waals surface area contributed by atoms with E-state index in [1.807, 2.05) is 0 Å². The van der Waals surface area contributed by atoms with Crippen LogP contribution in [0.2, 0.25) is 0 Å². The first-order chi connectivity index (χ1) is 11.0. The molecule has 0 bridgehead atoms. The molecule has 0 N–H and O–H groups in total. The zero-order valence-electron chi connectivity index (χ0n) is 14.5. The van der Waals surface area contributed by atoms with Crippen molar-refractivity contribution in [2.45, 2.75) is 32.9 Å². The van der Waals surface area contributed by atoms with E-state index in [0.717, 1.165) is 4.57 Å². The number of nitrogens with zero attached hydrogens (tertiary/aromatic N) is 2. The van der Waals surface area contributed by atoms with Crippen LogP contribution in [0.5, 0.6) is 0 Å². The second kappa shape index (κ2) is 5.99. The summed E-state index contributed by atoms with van der Waals surface area (Å²) in [4.78, 5) is 25.1. The van der Waals surface area contributed by atoms with Crippen LogP contribution in [-0.4, -0.2) is 34.2 Å². The molecule has 0 radical (unpaired) electrons. The molecule has 0 aliphatic heterocycles. The second-order valence-corrected chi connectivity index (χ2v) is 10.1. The van der Waals surface area contributed by atoms with E-state index in [1.165, 1.54) is 4.57 Å². The molecule has 0 atom stereocenters. The van der Waals surface area contributed by atoms with Gasteiger partial charge in [-0.15, -0.1) is 6.42 Å². The molecular weight excluding hydrogens is 327 g/mol. The Morgan fingerprint density at radius 1 is 1.29 bits per heavy atom. The van der Waals surface area contributed by atoms with Gasteiger partial charge in [0.05, 0.1) is 17.6 Å². The van der Waals surface area contributed by atoms with Crippen LogP contribution in [0, 0.1) is 12.3 Å². The van der Waals surface area contributed by atoms with E-state index < -0.39 is 24.5 Å². The lowest BCUT2D eigenvalue weighted by atomic mass is 10.2. The molecule has 6 nitrogen and oxygen atoms in total. The molecule has 1 aromatic carbocycles. The monoisotopic (exact) mass is 348 g/mol. The maximum atomic E-state index is 12.6. The van der Waals surface area contributed by atoms with Gasteiger partial charge in [0.25, 0.3) is 0 Å². The number of aromatic nitrogens is 2. The van der Waals surface area contributed by atoms with Gasteiger partial charge in [0.15, 0.2) is 0 Å². The highest BCUT2D eigenvalue weighted by atomic mass is 31.2. The molecule has 0 saturated carbocycles. The number of imidazole rings is 1. The minimum atomic E-state index is -2.55. The molecule has 0 fully saturated rings. The van der Waals surface area contributed by atoms with Crippen molar-refractivity contribution in [1.29, 1.82) is 0 Å². The first-order valence-electron chi connectivity index (χ1n) is 7.43. The van der Waals surface area contributed by atoms with Gasteiger partial charge in [0.2, 0.25) is 0 Å². The minimum Gasteiger partial charge on any atom is -0.443 e. The summed E-state index contributed by atoms with van der Waals surface area (Å²) in [5, 5.41) is 0.574. The minimum absolute atomic E-state index is 0.0282. The van der Waals surface area contributed by atoms with Crippen molar-refractivity contribution in [2.24, 2.45) is 0 Å². The molecule has 7 heteroatoms. The highest BCUT2D eigenvalue weighted by molar-refractivity contribution is 7.70. The molecule has 128 valence electrons. The van der Waals surface area contributed by atoms with Gasteiger partial charge in [0, 0.05) is 5.30 Å². The standard InChI is InChI=1S/C17H21N2O4P/c1-7-10-18-13-9-8-12(24(5,6)22)11-14(13)19(15(18)20)16(21)23-17(2,3)4/h1,8-9,11H,10H2,2-6H3. The topological polar surface area (TPSA) is 70.3 Å². The van der Waals surface area contributed by atoms with Crippen LogP contribution < -0.4 is 11.0 Å². The molecule has 0 amide bonds. The Bertz CT molecular complexity index is 948. The Morgan fingerprint density at radius 3 is 2.42 bits per heavy atom. The fourth-order valence-corrected chi connectivity index (χ4v) is 3.18. The van der Waals surface area contributed by atoms with Crippen LogP contribution >= 0.6 is 7.14 Å². The Balaban J connectivity index is 2.79. The van der Waals surface area contributed by atoms with Crippen molar-refractivity contribution in [2.75, 3.05) is 13.3 Å². The average molecular weight is 348 g/mol. The number of benzene rings is 1. The average Bonchev–Trinajstić information content (AvgIpc) is 2.68. The molecule has 0 unspecified atom stereocenters. The predicted octanol–water partition coefficient (Wildman–Crippen LogP) is 2.47. The van der Waals surface area contributed by atoms with Gasteiger partial charge < -0.3 is 9.30 Å². The van der Waals surface area contributed by atoms with E-state index in [0.29, 0.717) is 16.3 Å². The number of terminal acetylenes is 1. The molecule has 1 aromatic heterocycles. The van der Waals surface area contributed by atoms with Gasteiger partial charge in [-0.25, -0.2) is 9.59 Å². The number of carbonyl (C=O) groups excluding carboxylic acids is 1. The zero-order chi connectivity index (χ0) is 18.3. The van der Waals surface area contributed by atoms with Crippen LogP contribution in [0.15, 0.2) is 23.0 Å². The molecule has 0 aliphatic carbocycles. The summed E-state index contributed by atoms with van der Waals surface area (Å²) in [5.41, 5.74) is -0.484. The van der Waals surface area contributed by atoms with E-state index in [-0.39, 0.29) is 6.54 Å². The fraction of sp³-hybridized carbons (Fsp3) is 0.412. The number of fused-ring (bicyclic) bond motifs is 1. The first kappa shape index (κ1) is 18.1. The van der Waals surface area contributed by atoms with Crippen molar-refractivity contribution >= 4 is 29.6 Å². The molecule has 2 aromatic rings. The summed E-state index contributed by atoms with van der Waals surface area (Å²) in [7, 11) is -2.55. The third kappa shape index (κ3) is 3.47. The van der Waals surface area contributed by atoms with Crippen LogP contribution in [-0.2, 0) is 15.8 Å². The lowest BCUT2D eigenvalue weighted by Crippen LogP contribution is -2.34. The Labute approximate surface area is 140 Å². The Hall–Kier alpha value is -2.25. The smallest absolute Gasteiger partial charge is 0.423 e. The summed E-state index contributed by atoms with van der Waals surface area (Å²) in [5.74, 6) is 2.41. The molecule has 24 heavy (non-hydrogen) atoms. The van der Waals surface area contributed by atoms with Crippen molar-refractivity contribution < 1.29 is 14.1 Å². The van der Waals surface area contributed by atoms with E-state index in [2.05, 4.69) is 5.92 Å². The number of ether oxygens (including phenoxy) is 1. The zero-order valence-corrected chi connectivity index (χ0v) is 15.4. The van der Waals surface area contributed by atoms with Gasteiger partial charge >= 0.3 is 11.8 Å². The number of rotatable bonds is 2. The number of carbonyl (C=O) groups is 1. The molecule has 0 saturated heterocycles. The van der Waals surface area contributed by atoms with E-state index >= 15 is 0 Å². The summed E-state index contributed by atoms with van der Waals surface area (Å²) in [6, 6.07) is 4.94. The van der Waals surface area contributed by atoms with Crippen molar-refractivity contribution in [3.05, 3.63) is 28.7 Å². The highest BCUT2D eigenvalue weighted by Gasteiger charge is 2.25. The van der Waals surface area contributed by atoms with Crippen molar-refractivity contribution in [3.63, 3.8) is 0 Å². The van der Waals surface area contributed by atoms with Crippen LogP contribution in [0.4, 0.5) is 4.79 Å². The highest BCUT2D eigenvalue weighted by Crippen LogP contribution is 2.35. The van der Waals surface area contributed by atoms with Gasteiger partial charge in [-0.2, -0.15) is 4.57 Å². The summed E-state index contributed by atoms with van der Waals surface area (Å²) >= 11 is 0. The quantitative estimate of drug-likeness (QED) is 0.617. The van der Waals surface area contributed by atoms with E-state index in [4.69, 9.17) is 11.2 Å². The first-order valence-corrected chi connectivity index (χ1v) is 10.0. The van der Waals surface area contributed by atoms with Crippen LogP contribution in [0.25, 0.3) is 11.0 Å². The number of hydrogen-bond donors (Lipinski definition) is 0. The van der Waals surface area contributed by atoms with Gasteiger partial charge in [-0.3, -0.25) is 4.57 Å². The maximum Gasteiger partial charge on any atom is 0.423 e. The second-order valence-electron chi connectivity index (χ2n) is 6.91. The van der Waals surface area contributed by atoms with Crippen molar-refractivity contribution in [3.8, 4) is 12.3 Å². The van der Waals surface area contributed by atoms with Crippen LogP contribution in [0.3, 0.4) is 0 Å². The molecule has 2 rings (SSSR count). The lowest BCUT2D eigenvalue weighted by Gasteiger charge is -2.19. The van der Waals surface area contributed by atoms with Gasteiger partial charge in [-0.05, 0) is 52.3 Å². The Morgan fingerprint density at radius 2 is 1.92 bits per heavy atom. The fourth-order valence-electron chi connectivity index (χ4n) is 2.31. The lowest BCUT2D eigenvalue weighted by molar-refractivity contribution is 0.0537. The van der Waals surface area contributed by atoms with E-state index in [1.54, 1.807) is 52.3 Å². The molecule has 0 aliphatic rings. The van der Waals surface area contributed by atoms with Gasteiger partial charge in [-0.1, -0.05) is 5.92 Å². The third-order valence-corrected chi connectivity index (χ3v) is 4.88. The maximum absolute atomic E-state index is 12.6. The summed E-state index contributed by atoms with van der Waals surface area (Å²) < 4.78 is 19.9. The number of hydrogen-bond acceptors (Lipinski definition) is 4. The normalized spacial score (nSPS) is 12.2. The third-order valence-electron chi connectivity index (χ3n) is 3.36. The van der Waals surface area contributed by atoms with Crippen LogP contribution in [0.1, 0.15) is 20.8 Å². The summed E-state index contributed by atoms with van der Waals surface area (Å²) in [6.45, 7) is 8.43. The molecule has 1 heterocycles.